The molecule has 0 N–H and O–H groups in total. The first-order chi connectivity index (χ1) is 7.89. The summed E-state index contributed by atoms with van der Waals surface area (Å²) >= 11 is 0. The van der Waals surface area contributed by atoms with E-state index in [0.29, 0.717) is 0 Å². The number of aromatic nitrogens is 3. The number of fused-ring (bicyclic) bond motifs is 1. The molecule has 0 aliphatic heterocycles. The molecule has 0 saturated heterocycles. The van der Waals surface area contributed by atoms with Gasteiger partial charge in [-0.2, -0.15) is 0 Å². The summed E-state index contributed by atoms with van der Waals surface area (Å²) in [5.41, 5.74) is 0.933. The monoisotopic (exact) mass is 249 g/mol. The van der Waals surface area contributed by atoms with Crippen LogP contribution in [0.15, 0.2) is 23.5 Å². The second-order valence-corrected chi connectivity index (χ2v) is 7.62. The minimum Gasteiger partial charge on any atom is -0.262 e. The molecule has 0 saturated carbocycles. The molecule has 0 unspecified atom stereocenters. The summed E-state index contributed by atoms with van der Waals surface area (Å²) in [7, 11) is -0.238. The van der Waals surface area contributed by atoms with E-state index in [-0.39, 0.29) is 16.3 Å². The molecular weight excluding hydrogens is 230 g/mol. The van der Waals surface area contributed by atoms with Gasteiger partial charge in [0.15, 0.2) is 0 Å². The predicted octanol–water partition coefficient (Wildman–Crippen LogP) is 2.94. The molecule has 4 heteroatoms. The molecule has 0 fully saturated rings. The quantitative estimate of drug-likeness (QED) is 0.624. The van der Waals surface area contributed by atoms with Crippen LogP contribution in [0.4, 0.5) is 0 Å². The third-order valence-electron chi connectivity index (χ3n) is 2.57. The molecule has 0 amide bonds. The van der Waals surface area contributed by atoms with Gasteiger partial charge in [-0.15, -0.1) is 0 Å². The van der Waals surface area contributed by atoms with Crippen LogP contribution >= 0.6 is 10.9 Å². The van der Waals surface area contributed by atoms with Crippen molar-refractivity contribution in [1.82, 2.24) is 15.0 Å². The smallest absolute Gasteiger partial charge is 0.135 e. The molecule has 0 aliphatic rings. The zero-order valence-electron chi connectivity index (χ0n) is 11.0. The third-order valence-corrected chi connectivity index (χ3v) is 3.76. The zero-order chi connectivity index (χ0) is 12.6. The largest absolute Gasteiger partial charge is 0.262 e. The third kappa shape index (κ3) is 2.41. The van der Waals surface area contributed by atoms with Gasteiger partial charge in [-0.05, 0) is 18.6 Å². The van der Waals surface area contributed by atoms with Crippen LogP contribution in [0, 0.1) is 0 Å². The molecule has 0 aliphatic carbocycles. The number of thiol groups is 1. The zero-order valence-corrected chi connectivity index (χ0v) is 11.9. The maximum Gasteiger partial charge on any atom is 0.135 e. The number of hydrogen-bond donors (Lipinski definition) is 1. The lowest BCUT2D eigenvalue weighted by Crippen LogP contribution is -2.16. The maximum absolute atomic E-state index is 4.76. The number of rotatable bonds is 1. The fraction of sp³-hybridized carbons (Fsp3) is 0.462. The van der Waals surface area contributed by atoms with Crippen molar-refractivity contribution < 1.29 is 0 Å². The molecule has 0 aromatic carbocycles. The number of pyridine rings is 1. The lowest BCUT2D eigenvalue weighted by molar-refractivity contribution is 0.542. The highest BCUT2D eigenvalue weighted by molar-refractivity contribution is 8.15. The fourth-order valence-corrected chi connectivity index (χ4v) is 2.61. The molecule has 17 heavy (non-hydrogen) atoms. The molecule has 2 heterocycles. The predicted molar refractivity (Wildman–Crippen MR) is 75.1 cm³/mol. The van der Waals surface area contributed by atoms with Crippen LogP contribution in [-0.4, -0.2) is 27.5 Å². The molecule has 2 rings (SSSR count). The normalized spacial score (nSPS) is 12.9. The summed E-state index contributed by atoms with van der Waals surface area (Å²) < 4.78 is 0. The Morgan fingerprint density at radius 3 is 2.41 bits per heavy atom. The molecule has 0 radical (unpaired) electrons. The van der Waals surface area contributed by atoms with E-state index in [1.54, 1.807) is 0 Å². The van der Waals surface area contributed by atoms with Crippen molar-refractivity contribution in [2.24, 2.45) is 0 Å². The van der Waals surface area contributed by atoms with Crippen LogP contribution in [0.5, 0.6) is 0 Å². The van der Waals surface area contributed by atoms with Gasteiger partial charge in [-0.3, -0.25) is 4.98 Å². The SMILES string of the molecule is C[SH](C)c1nc(C(C)(C)C)nc2cnccc12. The van der Waals surface area contributed by atoms with Crippen molar-refractivity contribution in [1.29, 1.82) is 0 Å². The number of hydrogen-bond acceptors (Lipinski definition) is 3. The van der Waals surface area contributed by atoms with Crippen LogP contribution in [0.25, 0.3) is 10.9 Å². The standard InChI is InChI=1S/C13H19N3S/c1-13(2,3)12-15-10-8-14-7-6-9(10)11(16-12)17(4)5/h6-8,17H,1-5H3. The lowest BCUT2D eigenvalue weighted by atomic mass is 9.95. The van der Waals surface area contributed by atoms with Gasteiger partial charge in [-0.1, -0.05) is 20.8 Å². The van der Waals surface area contributed by atoms with Gasteiger partial charge in [0.2, 0.25) is 0 Å². The van der Waals surface area contributed by atoms with Gasteiger partial charge in [0.05, 0.1) is 16.7 Å². The average molecular weight is 249 g/mol. The summed E-state index contributed by atoms with van der Waals surface area (Å²) in [4.78, 5) is 13.5. The van der Waals surface area contributed by atoms with Crippen molar-refractivity contribution in [3.05, 3.63) is 24.3 Å². The Morgan fingerprint density at radius 2 is 1.82 bits per heavy atom. The first-order valence-electron chi connectivity index (χ1n) is 5.69. The van der Waals surface area contributed by atoms with Crippen LogP contribution in [0.3, 0.4) is 0 Å². The first kappa shape index (κ1) is 12.3. The topological polar surface area (TPSA) is 38.7 Å². The molecule has 0 spiro atoms. The Bertz CT molecular complexity index is 544. The summed E-state index contributed by atoms with van der Waals surface area (Å²) in [6.45, 7) is 6.42. The second-order valence-electron chi connectivity index (χ2n) is 5.41. The Balaban J connectivity index is 2.76. The molecule has 0 bridgehead atoms. The highest BCUT2D eigenvalue weighted by atomic mass is 32.2. The van der Waals surface area contributed by atoms with Gasteiger partial charge in [-0.25, -0.2) is 20.9 Å². The van der Waals surface area contributed by atoms with Crippen molar-refractivity contribution >= 4 is 21.8 Å². The first-order valence-corrected chi connectivity index (χ1v) is 7.93. The maximum atomic E-state index is 4.76. The van der Waals surface area contributed by atoms with E-state index in [9.17, 15) is 0 Å². The van der Waals surface area contributed by atoms with Crippen molar-refractivity contribution in [3.63, 3.8) is 0 Å². The van der Waals surface area contributed by atoms with E-state index in [1.165, 1.54) is 5.03 Å². The molecule has 3 nitrogen and oxygen atoms in total. The van der Waals surface area contributed by atoms with E-state index in [1.807, 2.05) is 18.5 Å². The Morgan fingerprint density at radius 1 is 1.12 bits per heavy atom. The molecule has 2 aromatic heterocycles. The van der Waals surface area contributed by atoms with Gasteiger partial charge in [0.25, 0.3) is 0 Å². The van der Waals surface area contributed by atoms with Gasteiger partial charge in [0, 0.05) is 17.0 Å². The van der Waals surface area contributed by atoms with Crippen molar-refractivity contribution in [2.45, 2.75) is 31.2 Å². The van der Waals surface area contributed by atoms with E-state index in [0.717, 1.165) is 16.7 Å². The van der Waals surface area contributed by atoms with Crippen molar-refractivity contribution in [3.8, 4) is 0 Å². The minimum absolute atomic E-state index is 0.0237. The van der Waals surface area contributed by atoms with Crippen LogP contribution in [0.1, 0.15) is 26.6 Å². The number of nitrogens with zero attached hydrogens (tertiary/aromatic N) is 3. The highest BCUT2D eigenvalue weighted by Gasteiger charge is 2.20. The molecule has 92 valence electrons. The van der Waals surface area contributed by atoms with Crippen molar-refractivity contribution in [2.75, 3.05) is 12.5 Å². The summed E-state index contributed by atoms with van der Waals surface area (Å²) in [6, 6.07) is 2.01. The minimum atomic E-state index is -0.238. The fourth-order valence-electron chi connectivity index (χ4n) is 1.64. The summed E-state index contributed by atoms with van der Waals surface area (Å²) in [6.07, 6.45) is 8.09. The van der Waals surface area contributed by atoms with Gasteiger partial charge < -0.3 is 0 Å². The Kier molecular flexibility index (Phi) is 3.08. The van der Waals surface area contributed by atoms with E-state index >= 15 is 0 Å². The average Bonchev–Trinajstić information content (AvgIpc) is 2.26. The summed E-state index contributed by atoms with van der Waals surface area (Å²) in [5, 5.41) is 2.32. The Labute approximate surface area is 105 Å². The Hall–Kier alpha value is -1.16. The highest BCUT2D eigenvalue weighted by Crippen LogP contribution is 2.34. The van der Waals surface area contributed by atoms with E-state index < -0.39 is 0 Å². The van der Waals surface area contributed by atoms with Crippen LogP contribution in [-0.2, 0) is 5.41 Å². The molecule has 2 aromatic rings. The van der Waals surface area contributed by atoms with Crippen LogP contribution < -0.4 is 0 Å². The molecular formula is C13H19N3S. The van der Waals surface area contributed by atoms with E-state index in [4.69, 9.17) is 4.98 Å². The lowest BCUT2D eigenvalue weighted by Gasteiger charge is -2.20. The van der Waals surface area contributed by atoms with Gasteiger partial charge in [0.1, 0.15) is 5.82 Å². The second kappa shape index (κ2) is 4.26. The van der Waals surface area contributed by atoms with Gasteiger partial charge >= 0.3 is 0 Å². The van der Waals surface area contributed by atoms with E-state index in [2.05, 4.69) is 43.3 Å². The molecule has 0 atom stereocenters. The van der Waals surface area contributed by atoms with Crippen LogP contribution in [0.2, 0.25) is 0 Å². The summed E-state index contributed by atoms with van der Waals surface area (Å²) in [5.74, 6) is 0.907.